The van der Waals surface area contributed by atoms with E-state index < -0.39 is 0 Å². The average Bonchev–Trinajstić information content (AvgIpc) is 3.37. The van der Waals surface area contributed by atoms with E-state index in [4.69, 9.17) is 14.5 Å². The van der Waals surface area contributed by atoms with Gasteiger partial charge in [0.25, 0.3) is 0 Å². The van der Waals surface area contributed by atoms with E-state index in [1.165, 1.54) is 18.4 Å². The summed E-state index contributed by atoms with van der Waals surface area (Å²) in [4.78, 5) is 22.5. The van der Waals surface area contributed by atoms with Crippen molar-refractivity contribution in [3.05, 3.63) is 88.5 Å². The maximum absolute atomic E-state index is 12.4. The van der Waals surface area contributed by atoms with Crippen LogP contribution < -0.4 is 14.8 Å². The number of ether oxygens (including phenoxy) is 2. The molecule has 7 heteroatoms. The smallest absolute Gasteiger partial charge is 0.246 e. The molecule has 2 aliphatic heterocycles. The van der Waals surface area contributed by atoms with Crippen molar-refractivity contribution < 1.29 is 14.3 Å². The zero-order chi connectivity index (χ0) is 28.9. The van der Waals surface area contributed by atoms with Gasteiger partial charge in [0.05, 0.1) is 24.6 Å². The summed E-state index contributed by atoms with van der Waals surface area (Å²) in [5.74, 6) is 1.15. The fourth-order valence-corrected chi connectivity index (χ4v) is 6.62. The van der Waals surface area contributed by atoms with E-state index in [1.54, 1.807) is 11.1 Å². The minimum Gasteiger partial charge on any atom is -0.490 e. The standard InChI is InChI=1S/C35H42N4O3/c1-3-41-32-22-29-30(23-33(32)42-4-2)37-34(40)24-36-35(29)27-13-11-25(12-14-27)8-7-17-38-18-20-39(21-19-38)31-16-15-26-9-5-6-10-28(26)31/h5-6,9-14,22-23,31H,3-4,7-8,15-21,24H2,1-2H3,(H,37,40). The lowest BCUT2D eigenvalue weighted by atomic mass is 9.98. The number of rotatable bonds is 10. The van der Waals surface area contributed by atoms with Crippen molar-refractivity contribution >= 4 is 17.3 Å². The summed E-state index contributed by atoms with van der Waals surface area (Å²) in [7, 11) is 0. The first-order valence-corrected chi connectivity index (χ1v) is 15.5. The van der Waals surface area contributed by atoms with Gasteiger partial charge < -0.3 is 19.7 Å². The minimum atomic E-state index is -0.136. The molecule has 2 heterocycles. The van der Waals surface area contributed by atoms with E-state index in [9.17, 15) is 4.79 Å². The Labute approximate surface area is 249 Å². The molecular formula is C35H42N4O3. The summed E-state index contributed by atoms with van der Waals surface area (Å²) in [6, 6.07) is 22.1. The second-order valence-electron chi connectivity index (χ2n) is 11.4. The topological polar surface area (TPSA) is 66.4 Å². The van der Waals surface area contributed by atoms with Crippen LogP contribution in [0.3, 0.4) is 0 Å². The van der Waals surface area contributed by atoms with E-state index in [-0.39, 0.29) is 12.5 Å². The molecule has 7 nitrogen and oxygen atoms in total. The molecule has 1 N–H and O–H groups in total. The third kappa shape index (κ3) is 6.22. The zero-order valence-electron chi connectivity index (χ0n) is 24.9. The van der Waals surface area contributed by atoms with Gasteiger partial charge in [-0.1, -0.05) is 48.5 Å². The molecule has 0 aromatic heterocycles. The zero-order valence-corrected chi connectivity index (χ0v) is 24.9. The number of aliphatic imine (C=N–C) groups is 1. The lowest BCUT2D eigenvalue weighted by Crippen LogP contribution is -2.47. The molecule has 1 fully saturated rings. The number of hydrogen-bond acceptors (Lipinski definition) is 6. The molecule has 1 saturated heterocycles. The number of carbonyl (C=O) groups is 1. The van der Waals surface area contributed by atoms with Gasteiger partial charge in [0.2, 0.25) is 5.91 Å². The normalized spacial score (nSPS) is 19.0. The van der Waals surface area contributed by atoms with Crippen LogP contribution in [0.25, 0.3) is 0 Å². The highest BCUT2D eigenvalue weighted by atomic mass is 16.5. The van der Waals surface area contributed by atoms with Crippen LogP contribution in [0.4, 0.5) is 5.69 Å². The Hall–Kier alpha value is -3.68. The lowest BCUT2D eigenvalue weighted by molar-refractivity contribution is -0.114. The fraction of sp³-hybridized carbons (Fsp3) is 0.429. The van der Waals surface area contributed by atoms with Crippen LogP contribution >= 0.6 is 0 Å². The number of anilines is 1. The molecule has 0 bridgehead atoms. The van der Waals surface area contributed by atoms with E-state index in [2.05, 4.69) is 63.6 Å². The number of piperazine rings is 1. The second-order valence-corrected chi connectivity index (χ2v) is 11.4. The predicted octanol–water partition coefficient (Wildman–Crippen LogP) is 5.51. The van der Waals surface area contributed by atoms with Crippen LogP contribution in [0.1, 0.15) is 60.5 Å². The number of carbonyl (C=O) groups excluding carboxylic acids is 1. The van der Waals surface area contributed by atoms with Gasteiger partial charge in [-0.2, -0.15) is 0 Å². The van der Waals surface area contributed by atoms with Gasteiger partial charge >= 0.3 is 0 Å². The number of amides is 1. The Morgan fingerprint density at radius 1 is 0.929 bits per heavy atom. The third-order valence-corrected chi connectivity index (χ3v) is 8.71. The summed E-state index contributed by atoms with van der Waals surface area (Å²) < 4.78 is 11.7. The monoisotopic (exact) mass is 566 g/mol. The second kappa shape index (κ2) is 13.1. The van der Waals surface area contributed by atoms with Crippen molar-refractivity contribution in [2.45, 2.75) is 45.6 Å². The Kier molecular flexibility index (Phi) is 8.87. The molecule has 3 aromatic carbocycles. The summed E-state index contributed by atoms with van der Waals surface area (Å²) in [6.45, 7) is 10.8. The Bertz CT molecular complexity index is 1430. The van der Waals surface area contributed by atoms with E-state index >= 15 is 0 Å². The van der Waals surface area contributed by atoms with Crippen LogP contribution in [0.5, 0.6) is 11.5 Å². The molecule has 0 radical (unpaired) electrons. The molecule has 3 aromatic rings. The van der Waals surface area contributed by atoms with Crippen molar-refractivity contribution in [3.8, 4) is 11.5 Å². The van der Waals surface area contributed by atoms with Crippen LogP contribution in [0.15, 0.2) is 65.7 Å². The SMILES string of the molecule is CCOc1cc2c(cc1OCC)C(c1ccc(CCCN3CCN(C4CCc5ccccc54)CC3)cc1)=NCC(=O)N2. The molecule has 42 heavy (non-hydrogen) atoms. The van der Waals surface area contributed by atoms with Crippen molar-refractivity contribution in [2.24, 2.45) is 4.99 Å². The number of benzene rings is 3. The van der Waals surface area contributed by atoms with Crippen molar-refractivity contribution in [1.82, 2.24) is 9.80 Å². The first-order chi connectivity index (χ1) is 20.6. The Balaban J connectivity index is 1.05. The molecular weight excluding hydrogens is 524 g/mol. The Morgan fingerprint density at radius 2 is 1.67 bits per heavy atom. The number of nitrogens with zero attached hydrogens (tertiary/aromatic N) is 3. The predicted molar refractivity (Wildman–Crippen MR) is 168 cm³/mol. The van der Waals surface area contributed by atoms with Gasteiger partial charge in [0.1, 0.15) is 6.54 Å². The first-order valence-electron chi connectivity index (χ1n) is 15.5. The van der Waals surface area contributed by atoms with Gasteiger partial charge in [0.15, 0.2) is 11.5 Å². The first kappa shape index (κ1) is 28.4. The van der Waals surface area contributed by atoms with Gasteiger partial charge in [-0.05, 0) is 68.8 Å². The number of nitrogens with one attached hydrogen (secondary N) is 1. The summed E-state index contributed by atoms with van der Waals surface area (Å²) in [5.41, 5.74) is 7.76. The van der Waals surface area contributed by atoms with Crippen LogP contribution in [0, 0.1) is 0 Å². The van der Waals surface area contributed by atoms with Crippen LogP contribution in [-0.4, -0.2) is 73.9 Å². The molecule has 0 spiro atoms. The quantitative estimate of drug-likeness (QED) is 0.351. The number of hydrogen-bond donors (Lipinski definition) is 1. The summed E-state index contributed by atoms with van der Waals surface area (Å²) in [6.07, 6.45) is 4.68. The van der Waals surface area contributed by atoms with E-state index in [0.29, 0.717) is 36.4 Å². The van der Waals surface area contributed by atoms with Crippen LogP contribution in [-0.2, 0) is 17.6 Å². The highest BCUT2D eigenvalue weighted by Gasteiger charge is 2.30. The minimum absolute atomic E-state index is 0.0836. The lowest BCUT2D eigenvalue weighted by Gasteiger charge is -2.38. The van der Waals surface area contributed by atoms with Crippen molar-refractivity contribution in [2.75, 3.05) is 57.8 Å². The number of fused-ring (bicyclic) bond motifs is 2. The molecule has 6 rings (SSSR count). The summed E-state index contributed by atoms with van der Waals surface area (Å²) >= 11 is 0. The van der Waals surface area contributed by atoms with E-state index in [1.807, 2.05) is 26.0 Å². The molecule has 1 amide bonds. The molecule has 220 valence electrons. The van der Waals surface area contributed by atoms with Gasteiger partial charge in [0, 0.05) is 49.4 Å². The van der Waals surface area contributed by atoms with Crippen LogP contribution in [0.2, 0.25) is 0 Å². The highest BCUT2D eigenvalue weighted by Crippen LogP contribution is 2.37. The van der Waals surface area contributed by atoms with Crippen molar-refractivity contribution in [1.29, 1.82) is 0 Å². The summed E-state index contributed by atoms with van der Waals surface area (Å²) in [5, 5.41) is 2.99. The van der Waals surface area contributed by atoms with Gasteiger partial charge in [-0.3, -0.25) is 14.7 Å². The molecule has 1 unspecified atom stereocenters. The fourth-order valence-electron chi connectivity index (χ4n) is 6.62. The van der Waals surface area contributed by atoms with E-state index in [0.717, 1.165) is 62.4 Å². The molecule has 1 atom stereocenters. The molecule has 0 saturated carbocycles. The number of benzodiazepines with no additional fused rings is 1. The highest BCUT2D eigenvalue weighted by molar-refractivity contribution is 6.19. The van der Waals surface area contributed by atoms with Gasteiger partial charge in [-0.25, -0.2) is 0 Å². The molecule has 3 aliphatic rings. The largest absolute Gasteiger partial charge is 0.490 e. The average molecular weight is 567 g/mol. The third-order valence-electron chi connectivity index (χ3n) is 8.71. The maximum atomic E-state index is 12.4. The molecule has 1 aliphatic carbocycles. The Morgan fingerprint density at radius 3 is 2.43 bits per heavy atom. The van der Waals surface area contributed by atoms with Crippen molar-refractivity contribution in [3.63, 3.8) is 0 Å². The van der Waals surface area contributed by atoms with Gasteiger partial charge in [-0.15, -0.1) is 0 Å². The number of aryl methyl sites for hydroxylation is 2. The maximum Gasteiger partial charge on any atom is 0.246 e.